The number of hydrogen-bond donors (Lipinski definition) is 2. The van der Waals surface area contributed by atoms with Gasteiger partial charge in [0.05, 0.1) is 22.9 Å². The summed E-state index contributed by atoms with van der Waals surface area (Å²) >= 11 is 10.3. The molecule has 2 N–H and O–H groups in total. The number of amides is 2. The van der Waals surface area contributed by atoms with Crippen LogP contribution in [0.4, 0.5) is 5.69 Å². The Bertz CT molecular complexity index is 1310. The summed E-state index contributed by atoms with van der Waals surface area (Å²) in [6.45, 7) is 1.54. The molecule has 0 bridgehead atoms. The molecule has 11 heteroatoms. The second-order valence-electron chi connectivity index (χ2n) is 8.46. The molecule has 2 amide bonds. The van der Waals surface area contributed by atoms with Crippen LogP contribution in [-0.4, -0.2) is 49.9 Å². The van der Waals surface area contributed by atoms with E-state index in [1.807, 2.05) is 79.0 Å². The number of hydrogen-bond acceptors (Lipinski definition) is 8. The van der Waals surface area contributed by atoms with Crippen LogP contribution in [0.25, 0.3) is 0 Å². The highest BCUT2D eigenvalue weighted by atomic mass is 35.5. The van der Waals surface area contributed by atoms with Crippen LogP contribution in [0.2, 0.25) is 5.02 Å². The Kier molecular flexibility index (Phi) is 10.4. The van der Waals surface area contributed by atoms with Crippen molar-refractivity contribution in [1.29, 1.82) is 0 Å². The lowest BCUT2D eigenvalue weighted by Gasteiger charge is -2.13. The molecular weight excluding hydrogens is 558 g/mol. The molecular formula is C28H28ClN3O5S2. The summed E-state index contributed by atoms with van der Waals surface area (Å²) in [4.78, 5) is 24.4. The minimum Gasteiger partial charge on any atom is -0.493 e. The first-order valence-corrected chi connectivity index (χ1v) is 14.5. The number of nitrogens with one attached hydrogen (secondary N) is 2. The third-order valence-electron chi connectivity index (χ3n) is 5.48. The molecule has 8 nitrogen and oxygen atoms in total. The average Bonchev–Trinajstić information content (AvgIpc) is 3.48. The summed E-state index contributed by atoms with van der Waals surface area (Å²) in [5, 5.41) is 6.95. The van der Waals surface area contributed by atoms with E-state index in [0.717, 1.165) is 5.56 Å². The summed E-state index contributed by atoms with van der Waals surface area (Å²) in [5.74, 6) is 2.75. The Morgan fingerprint density at radius 3 is 2.38 bits per heavy atom. The lowest BCUT2D eigenvalue weighted by atomic mass is 10.2. The van der Waals surface area contributed by atoms with Crippen molar-refractivity contribution in [2.24, 2.45) is 5.10 Å². The lowest BCUT2D eigenvalue weighted by Crippen LogP contribution is -2.24. The van der Waals surface area contributed by atoms with Gasteiger partial charge in [0.2, 0.25) is 0 Å². The monoisotopic (exact) mass is 585 g/mol. The zero-order chi connectivity index (χ0) is 27.6. The van der Waals surface area contributed by atoms with Gasteiger partial charge in [0.1, 0.15) is 5.75 Å². The van der Waals surface area contributed by atoms with Gasteiger partial charge >= 0.3 is 0 Å². The number of nitrogens with zero attached hydrogens (tertiary/aromatic N) is 1. The number of carbonyl (C=O) groups excluding carboxylic acids is 2. The summed E-state index contributed by atoms with van der Waals surface area (Å²) < 4.78 is 17.0. The van der Waals surface area contributed by atoms with Gasteiger partial charge in [-0.25, -0.2) is 5.43 Å². The number of aryl methyl sites for hydroxylation is 1. The molecule has 1 fully saturated rings. The number of thioether (sulfide) groups is 2. The molecule has 1 aliphatic heterocycles. The standard InChI is InChI=1S/C28H28ClN3O5S2/c1-18-3-7-21(8-4-18)31-25(33)16-37-27-23(29)13-19(14-24(27)35-2)15-30-32-26(34)17-36-22-9-5-20(6-10-22)28-38-11-12-39-28/h3-10,13-15,28H,11-12,16-17H2,1-2H3,(H,31,33)(H,32,34)/b30-15-. The van der Waals surface area contributed by atoms with Crippen molar-refractivity contribution in [3.8, 4) is 17.2 Å². The van der Waals surface area contributed by atoms with Crippen molar-refractivity contribution in [3.63, 3.8) is 0 Å². The van der Waals surface area contributed by atoms with Crippen molar-refractivity contribution < 1.29 is 23.8 Å². The van der Waals surface area contributed by atoms with Crippen molar-refractivity contribution in [1.82, 2.24) is 5.43 Å². The highest BCUT2D eigenvalue weighted by Crippen LogP contribution is 2.45. The van der Waals surface area contributed by atoms with E-state index in [0.29, 0.717) is 27.3 Å². The fourth-order valence-electron chi connectivity index (χ4n) is 3.56. The van der Waals surface area contributed by atoms with Gasteiger partial charge in [-0.05, 0) is 54.4 Å². The van der Waals surface area contributed by atoms with Gasteiger partial charge in [-0.3, -0.25) is 9.59 Å². The SMILES string of the molecule is COc1cc(/C=N\NC(=O)COc2ccc(C3SCCS3)cc2)cc(Cl)c1OCC(=O)Nc1ccc(C)cc1. The first kappa shape index (κ1) is 28.7. The molecule has 1 saturated heterocycles. The topological polar surface area (TPSA) is 98.2 Å². The average molecular weight is 586 g/mol. The second-order valence-corrected chi connectivity index (χ2v) is 11.6. The number of carbonyl (C=O) groups is 2. The first-order valence-electron chi connectivity index (χ1n) is 12.1. The number of rotatable bonds is 11. The Balaban J connectivity index is 1.25. The van der Waals surface area contributed by atoms with Gasteiger partial charge in [-0.15, -0.1) is 23.5 Å². The zero-order valence-corrected chi connectivity index (χ0v) is 23.8. The van der Waals surface area contributed by atoms with Gasteiger partial charge in [-0.1, -0.05) is 41.4 Å². The van der Waals surface area contributed by atoms with Gasteiger partial charge in [-0.2, -0.15) is 5.10 Å². The first-order chi connectivity index (χ1) is 18.9. The van der Waals surface area contributed by atoms with E-state index in [-0.39, 0.29) is 29.9 Å². The summed E-state index contributed by atoms with van der Waals surface area (Å²) in [6.07, 6.45) is 1.42. The molecule has 3 aromatic carbocycles. The summed E-state index contributed by atoms with van der Waals surface area (Å²) in [6, 6.07) is 18.5. The van der Waals surface area contributed by atoms with Crippen molar-refractivity contribution in [2.75, 3.05) is 37.1 Å². The maximum absolute atomic E-state index is 12.3. The van der Waals surface area contributed by atoms with Crippen LogP contribution in [0, 0.1) is 6.92 Å². The van der Waals surface area contributed by atoms with E-state index in [1.54, 1.807) is 12.1 Å². The molecule has 0 aliphatic carbocycles. The molecule has 39 heavy (non-hydrogen) atoms. The highest BCUT2D eigenvalue weighted by molar-refractivity contribution is 8.19. The van der Waals surface area contributed by atoms with Crippen LogP contribution in [0.5, 0.6) is 17.2 Å². The van der Waals surface area contributed by atoms with Crippen molar-refractivity contribution >= 4 is 58.8 Å². The molecule has 0 saturated carbocycles. The third-order valence-corrected chi connectivity index (χ3v) is 8.87. The lowest BCUT2D eigenvalue weighted by molar-refractivity contribution is -0.123. The highest BCUT2D eigenvalue weighted by Gasteiger charge is 2.18. The van der Waals surface area contributed by atoms with Gasteiger partial charge in [0, 0.05) is 17.2 Å². The molecule has 4 rings (SSSR count). The Labute approximate surface area is 240 Å². The fraction of sp³-hybridized carbons (Fsp3) is 0.250. The number of halogens is 1. The Hall–Kier alpha value is -3.34. The van der Waals surface area contributed by atoms with E-state index < -0.39 is 5.91 Å². The van der Waals surface area contributed by atoms with Crippen LogP contribution >= 0.6 is 35.1 Å². The molecule has 0 spiro atoms. The van der Waals surface area contributed by atoms with E-state index in [4.69, 9.17) is 25.8 Å². The number of ether oxygens (including phenoxy) is 3. The zero-order valence-electron chi connectivity index (χ0n) is 21.4. The predicted molar refractivity (Wildman–Crippen MR) is 159 cm³/mol. The molecule has 0 unspecified atom stereocenters. The van der Waals surface area contributed by atoms with E-state index >= 15 is 0 Å². The van der Waals surface area contributed by atoms with Crippen LogP contribution in [0.3, 0.4) is 0 Å². The maximum Gasteiger partial charge on any atom is 0.277 e. The largest absolute Gasteiger partial charge is 0.493 e. The molecule has 0 aromatic heterocycles. The van der Waals surface area contributed by atoms with Crippen molar-refractivity contribution in [2.45, 2.75) is 11.5 Å². The van der Waals surface area contributed by atoms with Gasteiger partial charge < -0.3 is 19.5 Å². The number of anilines is 1. The number of hydrazone groups is 1. The molecule has 1 heterocycles. The number of benzene rings is 3. The minimum atomic E-state index is -0.408. The number of methoxy groups -OCH3 is 1. The fourth-order valence-corrected chi connectivity index (χ4v) is 6.69. The quantitative estimate of drug-likeness (QED) is 0.221. The normalized spacial score (nSPS) is 13.3. The smallest absolute Gasteiger partial charge is 0.277 e. The summed E-state index contributed by atoms with van der Waals surface area (Å²) in [5.41, 5.74) is 6.00. The van der Waals surface area contributed by atoms with Crippen molar-refractivity contribution in [3.05, 3.63) is 82.4 Å². The Morgan fingerprint density at radius 2 is 1.69 bits per heavy atom. The van der Waals surface area contributed by atoms with Crippen LogP contribution in [-0.2, 0) is 9.59 Å². The molecule has 204 valence electrons. The minimum absolute atomic E-state index is 0.175. The van der Waals surface area contributed by atoms with E-state index in [2.05, 4.69) is 15.8 Å². The van der Waals surface area contributed by atoms with Crippen LogP contribution in [0.15, 0.2) is 65.8 Å². The molecule has 1 aliphatic rings. The third kappa shape index (κ3) is 8.58. The molecule has 3 aromatic rings. The van der Waals surface area contributed by atoms with Crippen LogP contribution in [0.1, 0.15) is 21.3 Å². The van der Waals surface area contributed by atoms with Crippen LogP contribution < -0.4 is 25.0 Å². The summed E-state index contributed by atoms with van der Waals surface area (Å²) in [7, 11) is 1.46. The molecule has 0 radical (unpaired) electrons. The predicted octanol–water partition coefficient (Wildman–Crippen LogP) is 5.68. The maximum atomic E-state index is 12.3. The van der Waals surface area contributed by atoms with E-state index in [1.165, 1.54) is 30.4 Å². The second kappa shape index (κ2) is 14.2. The molecule has 0 atom stereocenters. The van der Waals surface area contributed by atoms with Gasteiger partial charge in [0.15, 0.2) is 24.7 Å². The van der Waals surface area contributed by atoms with E-state index in [9.17, 15) is 9.59 Å². The van der Waals surface area contributed by atoms with Gasteiger partial charge in [0.25, 0.3) is 11.8 Å². The Morgan fingerprint density at radius 1 is 1.00 bits per heavy atom.